The summed E-state index contributed by atoms with van der Waals surface area (Å²) in [4.78, 5) is 83.4. The second kappa shape index (κ2) is 20.2. The van der Waals surface area contributed by atoms with Gasteiger partial charge in [-0.25, -0.2) is 41.8 Å². The van der Waals surface area contributed by atoms with Gasteiger partial charge in [0.15, 0.2) is 34.1 Å². The molecule has 4 amide bonds. The number of hydrogen-bond donors (Lipinski definition) is 4. The molecule has 23 heteroatoms. The van der Waals surface area contributed by atoms with E-state index in [1.54, 1.807) is 69.6 Å². The Morgan fingerprint density at radius 3 is 1.50 bits per heavy atom. The molecule has 0 aliphatic rings. The van der Waals surface area contributed by atoms with Crippen molar-refractivity contribution in [3.63, 3.8) is 0 Å². The molecule has 10 rings (SSSR count). The number of fused-ring (bicyclic) bond motifs is 4. The number of carbonyl (C=O) groups excluding carboxylic acids is 4. The van der Waals surface area contributed by atoms with Crippen molar-refractivity contribution in [2.24, 2.45) is 14.1 Å². The van der Waals surface area contributed by atoms with Crippen LogP contribution in [0.15, 0.2) is 122 Å². The predicted molar refractivity (Wildman–Crippen MR) is 261 cm³/mol. The fourth-order valence-electron chi connectivity index (χ4n) is 7.77. The van der Waals surface area contributed by atoms with Crippen molar-refractivity contribution < 1.29 is 41.2 Å². The maximum atomic E-state index is 14.4. The number of rotatable bonds is 12. The SMILES string of the molecule is Cc1ccc(CNC(=O)c2cc(C(=O)NCc3ccc4oc(=O)n(C)c4c3)nc3c(F)cnn23)cc1F.Cc1ccc([C@H](C)NC(=O)c2cc(C(=O)NCc3ccc4oc(=O)n(C)c4c3)nc3c(F)cnn23)cc1. The van der Waals surface area contributed by atoms with Crippen LogP contribution in [0.5, 0.6) is 0 Å². The summed E-state index contributed by atoms with van der Waals surface area (Å²) < 4.78 is 57.5. The average Bonchev–Trinajstić information content (AvgIpc) is 4.13. The summed E-state index contributed by atoms with van der Waals surface area (Å²) in [5, 5.41) is 18.6. The van der Waals surface area contributed by atoms with E-state index in [1.165, 1.54) is 27.3 Å². The van der Waals surface area contributed by atoms with E-state index in [-0.39, 0.29) is 59.7 Å². The second-order valence-electron chi connectivity index (χ2n) is 17.2. The van der Waals surface area contributed by atoms with Gasteiger partial charge >= 0.3 is 11.5 Å². The van der Waals surface area contributed by atoms with Crippen LogP contribution >= 0.6 is 0 Å². The lowest BCUT2D eigenvalue weighted by molar-refractivity contribution is 0.0922. The molecule has 0 saturated heterocycles. The van der Waals surface area contributed by atoms with E-state index in [0.717, 1.165) is 32.6 Å². The molecule has 4 aromatic carbocycles. The highest BCUT2D eigenvalue weighted by Crippen LogP contribution is 2.20. The van der Waals surface area contributed by atoms with Crippen LogP contribution in [0.1, 0.15) is 88.3 Å². The number of carbonyl (C=O) groups is 4. The highest BCUT2D eigenvalue weighted by molar-refractivity contribution is 5.99. The Morgan fingerprint density at radius 2 is 1.01 bits per heavy atom. The summed E-state index contributed by atoms with van der Waals surface area (Å²) in [5.74, 6) is -5.42. The summed E-state index contributed by atoms with van der Waals surface area (Å²) in [7, 11) is 3.15. The monoisotopic (exact) mass is 1010 g/mol. The maximum absolute atomic E-state index is 14.4. The molecule has 4 N–H and O–H groups in total. The molecule has 0 bridgehead atoms. The van der Waals surface area contributed by atoms with E-state index in [0.29, 0.717) is 44.5 Å². The van der Waals surface area contributed by atoms with E-state index in [1.807, 2.05) is 38.1 Å². The van der Waals surface area contributed by atoms with E-state index >= 15 is 0 Å². The van der Waals surface area contributed by atoms with Gasteiger partial charge in [0.25, 0.3) is 23.6 Å². The van der Waals surface area contributed by atoms with Gasteiger partial charge in [-0.1, -0.05) is 54.1 Å². The molecule has 0 saturated carbocycles. The first-order chi connectivity index (χ1) is 35.4. The molecule has 6 heterocycles. The third-order valence-corrected chi connectivity index (χ3v) is 12.0. The lowest BCUT2D eigenvalue weighted by atomic mass is 10.1. The summed E-state index contributed by atoms with van der Waals surface area (Å²) in [6.45, 7) is 5.60. The third-order valence-electron chi connectivity index (χ3n) is 12.0. The Labute approximate surface area is 415 Å². The maximum Gasteiger partial charge on any atom is 0.419 e. The Kier molecular flexibility index (Phi) is 13.5. The molecule has 74 heavy (non-hydrogen) atoms. The zero-order valence-corrected chi connectivity index (χ0v) is 40.0. The molecular weight excluding hydrogens is 966 g/mol. The van der Waals surface area contributed by atoms with Crippen LogP contribution in [0.3, 0.4) is 0 Å². The first-order valence-corrected chi connectivity index (χ1v) is 22.6. The molecule has 0 aliphatic heterocycles. The molecule has 20 nitrogen and oxygen atoms in total. The van der Waals surface area contributed by atoms with E-state index in [2.05, 4.69) is 41.4 Å². The van der Waals surface area contributed by atoms with Gasteiger partial charge in [-0.15, -0.1) is 0 Å². The number of aromatic nitrogens is 8. The minimum atomic E-state index is -0.810. The van der Waals surface area contributed by atoms with Gasteiger partial charge in [0.05, 0.1) is 29.5 Å². The summed E-state index contributed by atoms with van der Waals surface area (Å²) in [6, 6.07) is 24.5. The van der Waals surface area contributed by atoms with Crippen LogP contribution in [-0.4, -0.2) is 62.0 Å². The smallest absolute Gasteiger partial charge is 0.408 e. The summed E-state index contributed by atoms with van der Waals surface area (Å²) in [5.41, 5.74) is 5.32. The minimum Gasteiger partial charge on any atom is -0.408 e. The number of amides is 4. The van der Waals surface area contributed by atoms with Gasteiger partial charge < -0.3 is 30.1 Å². The fraction of sp³-hybridized carbons (Fsp3) is 0.176. The Hall–Kier alpha value is -9.67. The fourth-order valence-corrected chi connectivity index (χ4v) is 7.77. The summed E-state index contributed by atoms with van der Waals surface area (Å²) in [6.07, 6.45) is 1.83. The number of oxazole rings is 2. The van der Waals surface area contributed by atoms with Crippen molar-refractivity contribution in [2.45, 2.75) is 46.4 Å². The van der Waals surface area contributed by atoms with E-state index in [9.17, 15) is 41.9 Å². The molecule has 0 fully saturated rings. The minimum absolute atomic E-state index is 0.00409. The van der Waals surface area contributed by atoms with Crippen molar-refractivity contribution in [1.82, 2.24) is 59.6 Å². The van der Waals surface area contributed by atoms with E-state index < -0.39 is 52.6 Å². The van der Waals surface area contributed by atoms with Gasteiger partial charge in [-0.2, -0.15) is 10.2 Å². The van der Waals surface area contributed by atoms with Crippen LogP contribution in [0.2, 0.25) is 0 Å². The van der Waals surface area contributed by atoms with Crippen molar-refractivity contribution in [2.75, 3.05) is 0 Å². The number of hydrogen-bond acceptors (Lipinski definition) is 12. The number of aryl methyl sites for hydroxylation is 4. The van der Waals surface area contributed by atoms with E-state index in [4.69, 9.17) is 8.83 Å². The first-order valence-electron chi connectivity index (χ1n) is 22.6. The molecule has 376 valence electrons. The lowest BCUT2D eigenvalue weighted by Gasteiger charge is -2.15. The van der Waals surface area contributed by atoms with Crippen molar-refractivity contribution in [3.8, 4) is 0 Å². The molecule has 10 aromatic rings. The van der Waals surface area contributed by atoms with Gasteiger partial charge in [0.2, 0.25) is 0 Å². The molecule has 0 spiro atoms. The Bertz CT molecular complexity index is 3980. The normalized spacial score (nSPS) is 11.7. The topological polar surface area (TPSA) is 247 Å². The number of nitrogens with zero attached hydrogens (tertiary/aromatic N) is 8. The van der Waals surface area contributed by atoms with Crippen LogP contribution in [0, 0.1) is 31.3 Å². The number of halogens is 3. The molecule has 6 aromatic heterocycles. The summed E-state index contributed by atoms with van der Waals surface area (Å²) >= 11 is 0. The Morgan fingerprint density at radius 1 is 0.568 bits per heavy atom. The zero-order valence-electron chi connectivity index (χ0n) is 40.0. The number of nitrogens with one attached hydrogen (secondary N) is 4. The molecule has 0 radical (unpaired) electrons. The quantitative estimate of drug-likeness (QED) is 0.116. The van der Waals surface area contributed by atoms with Crippen LogP contribution in [0.4, 0.5) is 13.2 Å². The number of benzene rings is 4. The molecule has 1 atom stereocenters. The average molecular weight is 1010 g/mol. The first kappa shape index (κ1) is 49.3. The predicted octanol–water partition coefficient (Wildman–Crippen LogP) is 5.66. The van der Waals surface area contributed by atoms with Crippen molar-refractivity contribution in [3.05, 3.63) is 198 Å². The standard InChI is InChI=1S/C26H23FN6O4.C25H20F2N6O4/c1-14-4-7-17(8-5-14)15(2)30-25(35)21-11-19(31-23-18(27)13-29-33(21)23)24(34)28-12-16-6-9-22-20(10-16)32(3)26(36)37-22;1-13-3-4-14(7-16(13)26)10-29-24(35)20-9-18(31-22-17(27)12-30-33(20)22)23(34)28-11-15-5-6-21-19(8-15)32(2)25(36)37-21/h4-11,13,15H,12H2,1-3H3,(H,28,34)(H,30,35);3-9,12H,10-11H2,1-2H3,(H,28,34)(H,29,35)/t15-;/m0./s1. The van der Waals surface area contributed by atoms with Crippen molar-refractivity contribution >= 4 is 57.1 Å². The second-order valence-corrected chi connectivity index (χ2v) is 17.2. The molecule has 0 aliphatic carbocycles. The third kappa shape index (κ3) is 10.1. The largest absolute Gasteiger partial charge is 0.419 e. The van der Waals surface area contributed by atoms with Crippen LogP contribution in [-0.2, 0) is 33.7 Å². The highest BCUT2D eigenvalue weighted by Gasteiger charge is 2.23. The Balaban J connectivity index is 0.000000182. The van der Waals surface area contributed by atoms with Crippen molar-refractivity contribution in [1.29, 1.82) is 0 Å². The van der Waals surface area contributed by atoms with Gasteiger partial charge in [-0.3, -0.25) is 28.3 Å². The van der Waals surface area contributed by atoms with Gasteiger partial charge in [0.1, 0.15) is 28.6 Å². The van der Waals surface area contributed by atoms with Gasteiger partial charge in [-0.05, 0) is 78.9 Å². The van der Waals surface area contributed by atoms with Crippen LogP contribution < -0.4 is 32.8 Å². The highest BCUT2D eigenvalue weighted by atomic mass is 19.1. The molecule has 0 unspecified atom stereocenters. The molecular formula is C51H43F3N12O8. The zero-order chi connectivity index (χ0) is 52.5. The van der Waals surface area contributed by atoms with Crippen LogP contribution in [0.25, 0.3) is 33.5 Å². The van der Waals surface area contributed by atoms with Gasteiger partial charge in [0, 0.05) is 45.9 Å². The lowest BCUT2D eigenvalue weighted by Crippen LogP contribution is -2.30.